The lowest BCUT2D eigenvalue weighted by atomic mass is 10.0. The molecule has 0 aliphatic carbocycles. The van der Waals surface area contributed by atoms with Crippen LogP contribution in [0.25, 0.3) is 0 Å². The van der Waals surface area contributed by atoms with Gasteiger partial charge in [-0.2, -0.15) is 0 Å². The number of aliphatic imine (C=N–C) groups is 1. The molecule has 2 aliphatic heterocycles. The molecule has 1 aromatic carbocycles. The van der Waals surface area contributed by atoms with E-state index in [-0.39, 0.29) is 5.82 Å². The molecular formula is C22H35FN4O2. The molecule has 29 heavy (non-hydrogen) atoms. The number of halogens is 1. The second kappa shape index (κ2) is 12.0. The van der Waals surface area contributed by atoms with E-state index in [9.17, 15) is 4.39 Å². The number of nitrogens with one attached hydrogen (secondary N) is 2. The lowest BCUT2D eigenvalue weighted by Crippen LogP contribution is -2.48. The molecule has 2 fully saturated rings. The number of rotatable bonds is 9. The van der Waals surface area contributed by atoms with Gasteiger partial charge in [-0.25, -0.2) is 4.39 Å². The largest absolute Gasteiger partial charge is 0.381 e. The highest BCUT2D eigenvalue weighted by atomic mass is 19.1. The van der Waals surface area contributed by atoms with Crippen LogP contribution in [0.2, 0.25) is 0 Å². The van der Waals surface area contributed by atoms with Crippen molar-refractivity contribution in [2.24, 2.45) is 10.9 Å². The van der Waals surface area contributed by atoms with Crippen molar-refractivity contribution >= 4 is 11.6 Å². The fourth-order valence-electron chi connectivity index (χ4n) is 3.79. The summed E-state index contributed by atoms with van der Waals surface area (Å²) in [4.78, 5) is 6.94. The minimum absolute atomic E-state index is 0.176. The average molecular weight is 407 g/mol. The third kappa shape index (κ3) is 7.48. The summed E-state index contributed by atoms with van der Waals surface area (Å²) < 4.78 is 24.6. The highest BCUT2D eigenvalue weighted by molar-refractivity contribution is 5.80. The molecule has 7 heteroatoms. The SMILES string of the molecule is CCNC(=NCCCOCC1CCOC1)NC1CCN(c2cccc(F)c2)CC1. The molecule has 1 aromatic rings. The maximum atomic E-state index is 13.5. The van der Waals surface area contributed by atoms with Gasteiger partial charge in [-0.3, -0.25) is 4.99 Å². The van der Waals surface area contributed by atoms with E-state index in [4.69, 9.17) is 14.5 Å². The maximum absolute atomic E-state index is 13.5. The Hall–Kier alpha value is -1.86. The summed E-state index contributed by atoms with van der Waals surface area (Å²) in [6, 6.07) is 7.24. The van der Waals surface area contributed by atoms with Crippen LogP contribution in [0, 0.1) is 11.7 Å². The van der Waals surface area contributed by atoms with Crippen LogP contribution in [0.15, 0.2) is 29.3 Å². The zero-order chi connectivity index (χ0) is 20.3. The van der Waals surface area contributed by atoms with Crippen LogP contribution in [-0.2, 0) is 9.47 Å². The van der Waals surface area contributed by atoms with E-state index in [1.54, 1.807) is 12.1 Å². The third-order valence-corrected chi connectivity index (χ3v) is 5.45. The first-order valence-corrected chi connectivity index (χ1v) is 11.0. The topological polar surface area (TPSA) is 58.1 Å². The van der Waals surface area contributed by atoms with E-state index < -0.39 is 0 Å². The van der Waals surface area contributed by atoms with Crippen LogP contribution in [0.5, 0.6) is 0 Å². The molecule has 6 nitrogen and oxygen atoms in total. The molecule has 0 amide bonds. The molecular weight excluding hydrogens is 371 g/mol. The minimum atomic E-state index is -0.176. The Morgan fingerprint density at radius 2 is 2.17 bits per heavy atom. The van der Waals surface area contributed by atoms with Crippen LogP contribution < -0.4 is 15.5 Å². The van der Waals surface area contributed by atoms with Crippen molar-refractivity contribution in [1.82, 2.24) is 10.6 Å². The Labute approximate surface area is 173 Å². The molecule has 2 N–H and O–H groups in total. The zero-order valence-corrected chi connectivity index (χ0v) is 17.5. The normalized spacial score (nSPS) is 20.8. The van der Waals surface area contributed by atoms with Gasteiger partial charge in [0.15, 0.2) is 5.96 Å². The number of hydrogen-bond acceptors (Lipinski definition) is 4. The quantitative estimate of drug-likeness (QED) is 0.375. The van der Waals surface area contributed by atoms with Gasteiger partial charge in [0, 0.05) is 57.0 Å². The highest BCUT2D eigenvalue weighted by Gasteiger charge is 2.20. The predicted molar refractivity (Wildman–Crippen MR) is 115 cm³/mol. The van der Waals surface area contributed by atoms with Gasteiger partial charge in [-0.05, 0) is 50.8 Å². The number of anilines is 1. The average Bonchev–Trinajstić information content (AvgIpc) is 3.25. The Morgan fingerprint density at radius 1 is 1.31 bits per heavy atom. The molecule has 0 radical (unpaired) electrons. The minimum Gasteiger partial charge on any atom is -0.381 e. The summed E-state index contributed by atoms with van der Waals surface area (Å²) in [6.45, 7) is 8.75. The summed E-state index contributed by atoms with van der Waals surface area (Å²) in [6.07, 6.45) is 4.05. The first-order chi connectivity index (χ1) is 14.2. The molecule has 0 aromatic heterocycles. The van der Waals surface area contributed by atoms with E-state index in [1.165, 1.54) is 6.07 Å². The maximum Gasteiger partial charge on any atom is 0.191 e. The van der Waals surface area contributed by atoms with Crippen molar-refractivity contribution in [3.63, 3.8) is 0 Å². The van der Waals surface area contributed by atoms with E-state index in [0.29, 0.717) is 12.0 Å². The van der Waals surface area contributed by atoms with Gasteiger partial charge in [0.2, 0.25) is 0 Å². The molecule has 1 atom stereocenters. The first-order valence-electron chi connectivity index (χ1n) is 11.0. The smallest absolute Gasteiger partial charge is 0.191 e. The van der Waals surface area contributed by atoms with Crippen LogP contribution in [0.1, 0.15) is 32.6 Å². The molecule has 0 saturated carbocycles. The summed E-state index contributed by atoms with van der Waals surface area (Å²) >= 11 is 0. The fourth-order valence-corrected chi connectivity index (χ4v) is 3.79. The Morgan fingerprint density at radius 3 is 2.90 bits per heavy atom. The monoisotopic (exact) mass is 406 g/mol. The highest BCUT2D eigenvalue weighted by Crippen LogP contribution is 2.20. The number of guanidine groups is 1. The van der Waals surface area contributed by atoms with Crippen LogP contribution >= 0.6 is 0 Å². The van der Waals surface area contributed by atoms with Crippen molar-refractivity contribution in [3.8, 4) is 0 Å². The van der Waals surface area contributed by atoms with Crippen molar-refractivity contribution in [3.05, 3.63) is 30.1 Å². The lowest BCUT2D eigenvalue weighted by Gasteiger charge is -2.34. The second-order valence-corrected chi connectivity index (χ2v) is 7.80. The number of benzene rings is 1. The van der Waals surface area contributed by atoms with Crippen LogP contribution in [-0.4, -0.2) is 64.6 Å². The van der Waals surface area contributed by atoms with Gasteiger partial charge in [0.1, 0.15) is 5.82 Å². The van der Waals surface area contributed by atoms with Crippen LogP contribution in [0.4, 0.5) is 10.1 Å². The van der Waals surface area contributed by atoms with Crippen molar-refractivity contribution in [2.75, 3.05) is 57.5 Å². The standard InChI is InChI=1S/C22H35FN4O2/c1-2-24-22(25-10-4-13-28-16-18-9-14-29-17-18)26-20-7-11-27(12-8-20)21-6-3-5-19(23)15-21/h3,5-6,15,18,20H,2,4,7-14,16-17H2,1H3,(H2,24,25,26). The van der Waals surface area contributed by atoms with E-state index in [0.717, 1.165) is 89.9 Å². The molecule has 162 valence electrons. The van der Waals surface area contributed by atoms with E-state index in [1.807, 2.05) is 6.07 Å². The molecule has 2 heterocycles. The Bertz CT molecular complexity index is 629. The van der Waals surface area contributed by atoms with Gasteiger partial charge in [0.25, 0.3) is 0 Å². The summed E-state index contributed by atoms with van der Waals surface area (Å²) in [7, 11) is 0. The molecule has 0 bridgehead atoms. The second-order valence-electron chi connectivity index (χ2n) is 7.80. The van der Waals surface area contributed by atoms with Crippen LogP contribution in [0.3, 0.4) is 0 Å². The molecule has 3 rings (SSSR count). The third-order valence-electron chi connectivity index (χ3n) is 5.45. The zero-order valence-electron chi connectivity index (χ0n) is 17.5. The van der Waals surface area contributed by atoms with Crippen molar-refractivity contribution in [1.29, 1.82) is 0 Å². The summed E-state index contributed by atoms with van der Waals surface area (Å²) in [5.74, 6) is 1.27. The number of ether oxygens (including phenoxy) is 2. The molecule has 2 saturated heterocycles. The Kier molecular flexibility index (Phi) is 9.02. The van der Waals surface area contributed by atoms with Gasteiger partial charge >= 0.3 is 0 Å². The van der Waals surface area contributed by atoms with E-state index in [2.05, 4.69) is 22.5 Å². The Balaban J connectivity index is 1.35. The first kappa shape index (κ1) is 21.8. The lowest BCUT2D eigenvalue weighted by molar-refractivity contribution is 0.0893. The number of piperidine rings is 1. The van der Waals surface area contributed by atoms with Gasteiger partial charge < -0.3 is 25.0 Å². The van der Waals surface area contributed by atoms with Crippen molar-refractivity contribution in [2.45, 2.75) is 38.6 Å². The van der Waals surface area contributed by atoms with Crippen molar-refractivity contribution < 1.29 is 13.9 Å². The molecule has 0 spiro atoms. The van der Waals surface area contributed by atoms with Gasteiger partial charge in [-0.15, -0.1) is 0 Å². The number of nitrogens with zero attached hydrogens (tertiary/aromatic N) is 2. The number of hydrogen-bond donors (Lipinski definition) is 2. The molecule has 1 unspecified atom stereocenters. The molecule has 2 aliphatic rings. The summed E-state index contributed by atoms with van der Waals surface area (Å²) in [5.41, 5.74) is 0.966. The van der Waals surface area contributed by atoms with Gasteiger partial charge in [0.05, 0.1) is 13.2 Å². The van der Waals surface area contributed by atoms with Gasteiger partial charge in [-0.1, -0.05) is 6.07 Å². The van der Waals surface area contributed by atoms with E-state index >= 15 is 0 Å². The fraction of sp³-hybridized carbons (Fsp3) is 0.682. The summed E-state index contributed by atoms with van der Waals surface area (Å²) in [5, 5.41) is 6.89. The predicted octanol–water partition coefficient (Wildman–Crippen LogP) is 2.79.